The first kappa shape index (κ1) is 17.3. The average molecular weight is 362 g/mol. The third-order valence-electron chi connectivity index (χ3n) is 5.09. The minimum atomic E-state index is -0.106. The van der Waals surface area contributed by atoms with Gasteiger partial charge in [0.05, 0.1) is 12.0 Å². The molecule has 1 atom stereocenters. The lowest BCUT2D eigenvalue weighted by atomic mass is 9.81. The van der Waals surface area contributed by atoms with E-state index in [1.165, 1.54) is 6.07 Å². The Kier molecular flexibility index (Phi) is 4.22. The van der Waals surface area contributed by atoms with Gasteiger partial charge in [-0.1, -0.05) is 12.1 Å². The van der Waals surface area contributed by atoms with Crippen molar-refractivity contribution in [2.45, 2.75) is 33.6 Å². The van der Waals surface area contributed by atoms with Gasteiger partial charge in [0.1, 0.15) is 11.3 Å². The van der Waals surface area contributed by atoms with E-state index < -0.39 is 0 Å². The van der Waals surface area contributed by atoms with E-state index in [0.29, 0.717) is 29.2 Å². The molecule has 27 heavy (non-hydrogen) atoms. The zero-order valence-electron chi connectivity index (χ0n) is 15.9. The molecule has 3 aromatic rings. The van der Waals surface area contributed by atoms with Crippen molar-refractivity contribution in [2.24, 2.45) is 0 Å². The SMILES string of the molecule is CCOc1nccc2c1C(c1cccc3c(=O)cc(C)oc13)C(C)=C(C)N2. The van der Waals surface area contributed by atoms with E-state index in [1.54, 1.807) is 13.1 Å². The van der Waals surface area contributed by atoms with Crippen molar-refractivity contribution in [2.75, 3.05) is 11.9 Å². The summed E-state index contributed by atoms with van der Waals surface area (Å²) in [6.45, 7) is 8.42. The Bertz CT molecular complexity index is 1130. The number of aromatic nitrogens is 1. The van der Waals surface area contributed by atoms with Crippen LogP contribution >= 0.6 is 0 Å². The number of para-hydroxylation sites is 1. The van der Waals surface area contributed by atoms with E-state index in [9.17, 15) is 4.79 Å². The van der Waals surface area contributed by atoms with Gasteiger partial charge in [0.25, 0.3) is 0 Å². The van der Waals surface area contributed by atoms with Crippen molar-refractivity contribution < 1.29 is 9.15 Å². The molecule has 5 nitrogen and oxygen atoms in total. The molecule has 0 amide bonds. The second-order valence-corrected chi connectivity index (χ2v) is 6.82. The second-order valence-electron chi connectivity index (χ2n) is 6.82. The number of hydrogen-bond acceptors (Lipinski definition) is 5. The highest BCUT2D eigenvalue weighted by Crippen LogP contribution is 2.46. The summed E-state index contributed by atoms with van der Waals surface area (Å²) in [6, 6.07) is 9.22. The number of fused-ring (bicyclic) bond motifs is 2. The zero-order valence-corrected chi connectivity index (χ0v) is 15.9. The van der Waals surface area contributed by atoms with Gasteiger partial charge in [-0.25, -0.2) is 4.98 Å². The number of benzene rings is 1. The van der Waals surface area contributed by atoms with Crippen molar-refractivity contribution in [1.29, 1.82) is 0 Å². The zero-order chi connectivity index (χ0) is 19.1. The largest absolute Gasteiger partial charge is 0.478 e. The molecule has 0 fully saturated rings. The van der Waals surface area contributed by atoms with Crippen LogP contribution in [0.4, 0.5) is 5.69 Å². The van der Waals surface area contributed by atoms with Crippen LogP contribution in [0.5, 0.6) is 5.88 Å². The number of ether oxygens (including phenoxy) is 1. The molecule has 3 heterocycles. The summed E-state index contributed by atoms with van der Waals surface area (Å²) < 4.78 is 11.9. The molecule has 138 valence electrons. The summed E-state index contributed by atoms with van der Waals surface area (Å²) in [7, 11) is 0. The highest BCUT2D eigenvalue weighted by atomic mass is 16.5. The Labute approximate surface area is 157 Å². The first-order valence-corrected chi connectivity index (χ1v) is 9.10. The molecule has 0 aliphatic carbocycles. The normalized spacial score (nSPS) is 16.2. The molecule has 4 rings (SSSR count). The van der Waals surface area contributed by atoms with Crippen LogP contribution in [0.15, 0.2) is 57.0 Å². The first-order chi connectivity index (χ1) is 13.0. The van der Waals surface area contributed by atoms with Crippen molar-refractivity contribution in [3.05, 3.63) is 74.9 Å². The van der Waals surface area contributed by atoms with Crippen molar-refractivity contribution in [1.82, 2.24) is 4.98 Å². The summed E-state index contributed by atoms with van der Waals surface area (Å²) in [6.07, 6.45) is 1.75. The number of rotatable bonds is 3. The van der Waals surface area contributed by atoms with Crippen LogP contribution in [0, 0.1) is 6.92 Å². The second kappa shape index (κ2) is 6.58. The number of nitrogens with zero attached hydrogens (tertiary/aromatic N) is 1. The fourth-order valence-electron chi connectivity index (χ4n) is 3.76. The van der Waals surface area contributed by atoms with Gasteiger partial charge in [-0.15, -0.1) is 0 Å². The molecule has 1 aromatic carbocycles. The van der Waals surface area contributed by atoms with Gasteiger partial charge in [0.2, 0.25) is 5.88 Å². The Balaban J connectivity index is 2.06. The van der Waals surface area contributed by atoms with E-state index >= 15 is 0 Å². The van der Waals surface area contributed by atoms with Crippen LogP contribution in [-0.2, 0) is 0 Å². The van der Waals surface area contributed by atoms with Crippen molar-refractivity contribution in [3.63, 3.8) is 0 Å². The van der Waals surface area contributed by atoms with Gasteiger partial charge in [0.15, 0.2) is 5.43 Å². The van der Waals surface area contributed by atoms with E-state index in [0.717, 1.165) is 28.1 Å². The van der Waals surface area contributed by atoms with Crippen molar-refractivity contribution >= 4 is 16.7 Å². The maximum Gasteiger partial charge on any atom is 0.219 e. The topological polar surface area (TPSA) is 64.4 Å². The van der Waals surface area contributed by atoms with Crippen LogP contribution in [0.2, 0.25) is 0 Å². The first-order valence-electron chi connectivity index (χ1n) is 9.10. The summed E-state index contributed by atoms with van der Waals surface area (Å²) in [5.74, 6) is 1.10. The van der Waals surface area contributed by atoms with Gasteiger partial charge >= 0.3 is 0 Å². The van der Waals surface area contributed by atoms with E-state index in [1.807, 2.05) is 31.2 Å². The molecule has 0 radical (unpaired) electrons. The highest BCUT2D eigenvalue weighted by Gasteiger charge is 2.31. The van der Waals surface area contributed by atoms with Gasteiger partial charge in [-0.05, 0) is 45.4 Å². The minimum absolute atomic E-state index is 0.0284. The quantitative estimate of drug-likeness (QED) is 0.729. The predicted octanol–water partition coefficient (Wildman–Crippen LogP) is 4.75. The van der Waals surface area contributed by atoms with Crippen LogP contribution in [0.3, 0.4) is 0 Å². The Hall–Kier alpha value is -3.08. The lowest BCUT2D eigenvalue weighted by Gasteiger charge is -2.30. The highest BCUT2D eigenvalue weighted by molar-refractivity contribution is 5.83. The molecule has 1 aliphatic rings. The molecule has 0 spiro atoms. The maximum atomic E-state index is 12.5. The summed E-state index contributed by atoms with van der Waals surface area (Å²) in [4.78, 5) is 16.9. The van der Waals surface area contributed by atoms with Gasteiger partial charge in [-0.3, -0.25) is 4.79 Å². The Morgan fingerprint density at radius 1 is 1.22 bits per heavy atom. The van der Waals surface area contributed by atoms with Crippen molar-refractivity contribution in [3.8, 4) is 5.88 Å². The van der Waals surface area contributed by atoms with Gasteiger partial charge < -0.3 is 14.5 Å². The number of allylic oxidation sites excluding steroid dienone is 2. The van der Waals surface area contributed by atoms with E-state index in [-0.39, 0.29) is 11.3 Å². The molecular formula is C22H22N2O3. The molecule has 0 bridgehead atoms. The molecular weight excluding hydrogens is 340 g/mol. The summed E-state index contributed by atoms with van der Waals surface area (Å²) in [5, 5.41) is 4.03. The van der Waals surface area contributed by atoms with Crippen LogP contribution in [0.25, 0.3) is 11.0 Å². The van der Waals surface area contributed by atoms with E-state index in [4.69, 9.17) is 9.15 Å². The number of aryl methyl sites for hydroxylation is 1. The standard InChI is InChI=1S/C22H22N2O3/c1-5-26-22-20-17(9-10-23-22)24-14(4)13(3)19(20)16-8-6-7-15-18(25)11-12(2)27-21(15)16/h6-11,19,24H,5H2,1-4H3. The lowest BCUT2D eigenvalue weighted by molar-refractivity contribution is 0.322. The van der Waals surface area contributed by atoms with Gasteiger partial charge in [-0.2, -0.15) is 0 Å². The number of nitrogens with one attached hydrogen (secondary N) is 1. The molecule has 1 unspecified atom stereocenters. The summed E-state index contributed by atoms with van der Waals surface area (Å²) in [5.41, 5.74) is 5.70. The molecule has 2 aromatic heterocycles. The third-order valence-corrected chi connectivity index (χ3v) is 5.09. The lowest BCUT2D eigenvalue weighted by Crippen LogP contribution is -2.19. The van der Waals surface area contributed by atoms with Gasteiger partial charge in [0, 0.05) is 40.7 Å². The Morgan fingerprint density at radius 3 is 2.81 bits per heavy atom. The third kappa shape index (κ3) is 2.79. The molecule has 5 heteroatoms. The summed E-state index contributed by atoms with van der Waals surface area (Å²) >= 11 is 0. The smallest absolute Gasteiger partial charge is 0.219 e. The van der Waals surface area contributed by atoms with Crippen LogP contribution < -0.4 is 15.5 Å². The molecule has 0 saturated heterocycles. The Morgan fingerprint density at radius 2 is 2.04 bits per heavy atom. The fourth-order valence-corrected chi connectivity index (χ4v) is 3.76. The number of anilines is 1. The van der Waals surface area contributed by atoms with Crippen LogP contribution in [-0.4, -0.2) is 11.6 Å². The monoisotopic (exact) mass is 362 g/mol. The maximum absolute atomic E-state index is 12.5. The number of hydrogen-bond donors (Lipinski definition) is 1. The van der Waals surface area contributed by atoms with E-state index in [2.05, 4.69) is 24.1 Å². The average Bonchev–Trinajstić information content (AvgIpc) is 2.63. The minimum Gasteiger partial charge on any atom is -0.478 e. The predicted molar refractivity (Wildman–Crippen MR) is 106 cm³/mol. The number of pyridine rings is 1. The van der Waals surface area contributed by atoms with Crippen LogP contribution in [0.1, 0.15) is 43.6 Å². The molecule has 1 N–H and O–H groups in total. The fraction of sp³-hybridized carbons (Fsp3) is 0.273. The molecule has 1 aliphatic heterocycles. The molecule has 0 saturated carbocycles.